The third-order valence-electron chi connectivity index (χ3n) is 3.00. The molecule has 0 aromatic carbocycles. The molecule has 0 saturated carbocycles. The molecule has 1 heterocycles. The van der Waals surface area contributed by atoms with Crippen LogP contribution in [-0.2, 0) is 9.53 Å². The molecule has 100 valence electrons. The summed E-state index contributed by atoms with van der Waals surface area (Å²) in [6.07, 6.45) is 2.44. The highest BCUT2D eigenvalue weighted by Crippen LogP contribution is 2.30. The lowest BCUT2D eigenvalue weighted by Crippen LogP contribution is -2.59. The molecule has 0 radical (unpaired) electrons. The number of amides is 1. The lowest BCUT2D eigenvalue weighted by Gasteiger charge is -2.46. The molecule has 4 N–H and O–H groups in total. The van der Waals surface area contributed by atoms with Gasteiger partial charge in [0.15, 0.2) is 0 Å². The van der Waals surface area contributed by atoms with E-state index >= 15 is 0 Å². The fourth-order valence-electron chi connectivity index (χ4n) is 2.74. The maximum Gasteiger partial charge on any atom is 0.236 e. The van der Waals surface area contributed by atoms with Gasteiger partial charge in [0.1, 0.15) is 0 Å². The summed E-state index contributed by atoms with van der Waals surface area (Å²) < 4.78 is 5.77. The Balaban J connectivity index is 2.40. The van der Waals surface area contributed by atoms with Crippen molar-refractivity contribution in [1.82, 2.24) is 10.7 Å². The Hall–Kier alpha value is -0.650. The zero-order chi connectivity index (χ0) is 13.1. The van der Waals surface area contributed by atoms with E-state index in [1.165, 1.54) is 0 Å². The predicted octanol–water partition coefficient (Wildman–Crippen LogP) is 0.692. The van der Waals surface area contributed by atoms with Crippen molar-refractivity contribution in [3.63, 3.8) is 0 Å². The first-order valence-corrected chi connectivity index (χ1v) is 6.14. The first-order chi connectivity index (χ1) is 7.74. The van der Waals surface area contributed by atoms with Gasteiger partial charge in [-0.05, 0) is 40.5 Å². The number of rotatable bonds is 4. The van der Waals surface area contributed by atoms with Crippen LogP contribution in [0.5, 0.6) is 0 Å². The van der Waals surface area contributed by atoms with E-state index < -0.39 is 0 Å². The second kappa shape index (κ2) is 5.33. The number of hydrogen-bond acceptors (Lipinski definition) is 4. The van der Waals surface area contributed by atoms with E-state index in [1.54, 1.807) is 0 Å². The molecule has 17 heavy (non-hydrogen) atoms. The molecule has 0 spiro atoms. The van der Waals surface area contributed by atoms with E-state index in [0.717, 1.165) is 12.8 Å². The Morgan fingerprint density at radius 2 is 1.88 bits per heavy atom. The van der Waals surface area contributed by atoms with E-state index in [0.29, 0.717) is 13.0 Å². The molecule has 0 aromatic rings. The molecule has 1 aliphatic rings. The molecular weight excluding hydrogens is 218 g/mol. The quantitative estimate of drug-likeness (QED) is 0.386. The first-order valence-electron chi connectivity index (χ1n) is 6.14. The Labute approximate surface area is 103 Å². The monoisotopic (exact) mass is 243 g/mol. The minimum absolute atomic E-state index is 0.0720. The van der Waals surface area contributed by atoms with Crippen molar-refractivity contribution in [3.8, 4) is 0 Å². The summed E-state index contributed by atoms with van der Waals surface area (Å²) in [5.74, 6) is 4.83. The lowest BCUT2D eigenvalue weighted by molar-refractivity contribution is -0.123. The largest absolute Gasteiger partial charge is 0.378 e. The number of carbonyl (C=O) groups excluding carboxylic acids is 1. The van der Waals surface area contributed by atoms with E-state index in [4.69, 9.17) is 10.6 Å². The van der Waals surface area contributed by atoms with Gasteiger partial charge in [-0.2, -0.15) is 0 Å². The SMILES string of the molecule is CC1(C)CC(OCCC(=O)NN)CC(C)(C)N1. The van der Waals surface area contributed by atoms with Gasteiger partial charge < -0.3 is 10.1 Å². The molecule has 1 saturated heterocycles. The third kappa shape index (κ3) is 5.02. The number of nitrogens with one attached hydrogen (secondary N) is 2. The number of piperidine rings is 1. The van der Waals surface area contributed by atoms with Crippen LogP contribution in [-0.4, -0.2) is 29.7 Å². The molecule has 1 aliphatic heterocycles. The smallest absolute Gasteiger partial charge is 0.236 e. The van der Waals surface area contributed by atoms with Crippen LogP contribution in [0.15, 0.2) is 0 Å². The molecule has 0 aromatic heterocycles. The highest BCUT2D eigenvalue weighted by molar-refractivity contribution is 5.75. The van der Waals surface area contributed by atoms with Crippen LogP contribution in [0.1, 0.15) is 47.0 Å². The number of ether oxygens (including phenoxy) is 1. The fourth-order valence-corrected chi connectivity index (χ4v) is 2.74. The van der Waals surface area contributed by atoms with Crippen LogP contribution in [0, 0.1) is 0 Å². The van der Waals surface area contributed by atoms with Crippen molar-refractivity contribution in [2.24, 2.45) is 5.84 Å². The van der Waals surface area contributed by atoms with Crippen molar-refractivity contribution >= 4 is 5.91 Å². The van der Waals surface area contributed by atoms with Gasteiger partial charge in [-0.15, -0.1) is 0 Å². The summed E-state index contributed by atoms with van der Waals surface area (Å²) in [5.41, 5.74) is 2.25. The van der Waals surface area contributed by atoms with Crippen LogP contribution < -0.4 is 16.6 Å². The topological polar surface area (TPSA) is 76.4 Å². The average molecular weight is 243 g/mol. The summed E-state index contributed by atoms with van der Waals surface area (Å²) in [6.45, 7) is 9.14. The molecule has 1 amide bonds. The van der Waals surface area contributed by atoms with E-state index in [1.807, 2.05) is 0 Å². The van der Waals surface area contributed by atoms with Gasteiger partial charge in [0.05, 0.1) is 19.1 Å². The Bertz CT molecular complexity index is 261. The second-order valence-corrected chi connectivity index (χ2v) is 6.11. The van der Waals surface area contributed by atoms with Gasteiger partial charge in [-0.3, -0.25) is 10.2 Å². The maximum absolute atomic E-state index is 11.0. The van der Waals surface area contributed by atoms with E-state index in [2.05, 4.69) is 38.4 Å². The Morgan fingerprint density at radius 3 is 2.35 bits per heavy atom. The van der Waals surface area contributed by atoms with Crippen LogP contribution >= 0.6 is 0 Å². The van der Waals surface area contributed by atoms with Crippen molar-refractivity contribution in [1.29, 1.82) is 0 Å². The molecule has 5 heteroatoms. The van der Waals surface area contributed by atoms with Crippen molar-refractivity contribution in [2.45, 2.75) is 64.1 Å². The molecule has 0 atom stereocenters. The van der Waals surface area contributed by atoms with E-state index in [9.17, 15) is 4.79 Å². The maximum atomic E-state index is 11.0. The van der Waals surface area contributed by atoms with Crippen molar-refractivity contribution < 1.29 is 9.53 Å². The Morgan fingerprint density at radius 1 is 1.35 bits per heavy atom. The molecule has 0 unspecified atom stereocenters. The van der Waals surface area contributed by atoms with Gasteiger partial charge in [0.25, 0.3) is 0 Å². The number of carbonyl (C=O) groups is 1. The molecular formula is C12H25N3O2. The predicted molar refractivity (Wildman–Crippen MR) is 67.2 cm³/mol. The van der Waals surface area contributed by atoms with Gasteiger partial charge >= 0.3 is 0 Å². The Kier molecular flexibility index (Phi) is 4.52. The van der Waals surface area contributed by atoms with Crippen molar-refractivity contribution in [2.75, 3.05) is 6.61 Å². The summed E-state index contributed by atoms with van der Waals surface area (Å²) in [7, 11) is 0. The van der Waals surface area contributed by atoms with Gasteiger partial charge in [0, 0.05) is 11.1 Å². The minimum atomic E-state index is -0.183. The fraction of sp³-hybridized carbons (Fsp3) is 0.917. The summed E-state index contributed by atoms with van der Waals surface area (Å²) in [4.78, 5) is 11.0. The standard InChI is InChI=1S/C12H25N3O2/c1-11(2)7-9(8-12(3,4)15-11)17-6-5-10(16)14-13/h9,15H,5-8,13H2,1-4H3,(H,14,16). The summed E-state index contributed by atoms with van der Waals surface area (Å²) in [6, 6.07) is 0. The van der Waals surface area contributed by atoms with Crippen LogP contribution in [0.25, 0.3) is 0 Å². The summed E-state index contributed by atoms with van der Waals surface area (Å²) >= 11 is 0. The van der Waals surface area contributed by atoms with E-state index in [-0.39, 0.29) is 23.1 Å². The number of hydrogen-bond donors (Lipinski definition) is 3. The van der Waals surface area contributed by atoms with Crippen LogP contribution in [0.2, 0.25) is 0 Å². The average Bonchev–Trinajstić information content (AvgIpc) is 2.12. The summed E-state index contributed by atoms with van der Waals surface area (Å²) in [5, 5.41) is 3.59. The third-order valence-corrected chi connectivity index (χ3v) is 3.00. The zero-order valence-electron chi connectivity index (χ0n) is 11.3. The number of nitrogens with two attached hydrogens (primary N) is 1. The van der Waals surface area contributed by atoms with Gasteiger partial charge in [-0.25, -0.2) is 5.84 Å². The highest BCUT2D eigenvalue weighted by Gasteiger charge is 2.37. The molecule has 1 fully saturated rings. The van der Waals surface area contributed by atoms with Crippen LogP contribution in [0.4, 0.5) is 0 Å². The van der Waals surface area contributed by atoms with Crippen LogP contribution in [0.3, 0.4) is 0 Å². The normalized spacial score (nSPS) is 23.4. The lowest BCUT2D eigenvalue weighted by atomic mass is 9.81. The number of hydrazine groups is 1. The molecule has 5 nitrogen and oxygen atoms in total. The molecule has 0 aliphatic carbocycles. The molecule has 1 rings (SSSR count). The van der Waals surface area contributed by atoms with Gasteiger partial charge in [0.2, 0.25) is 5.91 Å². The molecule has 0 bridgehead atoms. The second-order valence-electron chi connectivity index (χ2n) is 6.11. The minimum Gasteiger partial charge on any atom is -0.378 e. The first kappa shape index (κ1) is 14.4. The highest BCUT2D eigenvalue weighted by atomic mass is 16.5. The van der Waals surface area contributed by atoms with Gasteiger partial charge in [-0.1, -0.05) is 0 Å². The van der Waals surface area contributed by atoms with Crippen molar-refractivity contribution in [3.05, 3.63) is 0 Å². The zero-order valence-corrected chi connectivity index (χ0v) is 11.3.